The lowest BCUT2D eigenvalue weighted by molar-refractivity contribution is 0.383. The normalized spacial score (nSPS) is 15.1. The van der Waals surface area contributed by atoms with Crippen molar-refractivity contribution in [2.75, 3.05) is 0 Å². The summed E-state index contributed by atoms with van der Waals surface area (Å²) in [6.07, 6.45) is 6.78. The molecule has 0 radical (unpaired) electrons. The van der Waals surface area contributed by atoms with Gasteiger partial charge in [0.25, 0.3) is 5.56 Å². The van der Waals surface area contributed by atoms with Crippen LogP contribution in [0.1, 0.15) is 54.2 Å². The van der Waals surface area contributed by atoms with Gasteiger partial charge in [0.1, 0.15) is 11.6 Å². The summed E-state index contributed by atoms with van der Waals surface area (Å²) in [6.45, 7) is 3.93. The number of aryl methyl sites for hydroxylation is 2. The van der Waals surface area contributed by atoms with Crippen LogP contribution >= 0.6 is 0 Å². The number of aromatic amines is 1. The van der Waals surface area contributed by atoms with Crippen LogP contribution in [-0.4, -0.2) is 15.1 Å². The minimum atomic E-state index is -0.0979. The summed E-state index contributed by atoms with van der Waals surface area (Å²) < 4.78 is 5.24. The molecule has 0 bridgehead atoms. The van der Waals surface area contributed by atoms with Crippen LogP contribution in [0.25, 0.3) is 12.2 Å². The molecule has 0 unspecified atom stereocenters. The van der Waals surface area contributed by atoms with Gasteiger partial charge in [0.05, 0.1) is 11.4 Å². The van der Waals surface area contributed by atoms with Crippen molar-refractivity contribution < 1.29 is 4.52 Å². The molecule has 0 atom stereocenters. The fourth-order valence-electron chi connectivity index (χ4n) is 2.19. The summed E-state index contributed by atoms with van der Waals surface area (Å²) in [6, 6.07) is 1.51. The molecule has 0 aromatic carbocycles. The number of nitrogens with one attached hydrogen (secondary N) is 1. The maximum atomic E-state index is 11.6. The summed E-state index contributed by atoms with van der Waals surface area (Å²) in [5, 5.41) is 3.96. The lowest BCUT2D eigenvalue weighted by Crippen LogP contribution is -2.10. The molecule has 5 nitrogen and oxygen atoms in total. The molecule has 2 aromatic rings. The third-order valence-corrected chi connectivity index (χ3v) is 3.47. The Balaban J connectivity index is 1.92. The molecule has 1 saturated carbocycles. The number of aromatic nitrogens is 3. The third-order valence-electron chi connectivity index (χ3n) is 3.47. The van der Waals surface area contributed by atoms with Crippen LogP contribution in [-0.2, 0) is 6.42 Å². The van der Waals surface area contributed by atoms with Gasteiger partial charge in [-0.15, -0.1) is 0 Å². The van der Waals surface area contributed by atoms with Crippen LogP contribution in [0.5, 0.6) is 0 Å². The van der Waals surface area contributed by atoms with Crippen LogP contribution in [0.4, 0.5) is 0 Å². The first-order valence-corrected chi connectivity index (χ1v) is 6.92. The van der Waals surface area contributed by atoms with E-state index in [1.165, 1.54) is 6.07 Å². The van der Waals surface area contributed by atoms with Crippen molar-refractivity contribution in [3.05, 3.63) is 45.0 Å². The number of H-pyrrole nitrogens is 1. The SMILES string of the molecule is CCc1onc(C)c1/C=C/c1cc(=O)[nH]c(C2CC2)n1. The van der Waals surface area contributed by atoms with E-state index < -0.39 is 0 Å². The Bertz CT molecular complexity index is 708. The Labute approximate surface area is 116 Å². The van der Waals surface area contributed by atoms with Gasteiger partial charge in [0, 0.05) is 24.0 Å². The molecule has 1 aliphatic carbocycles. The molecule has 3 rings (SSSR count). The maximum absolute atomic E-state index is 11.6. The topological polar surface area (TPSA) is 71.8 Å². The number of rotatable bonds is 4. The Morgan fingerprint density at radius 3 is 2.95 bits per heavy atom. The first-order chi connectivity index (χ1) is 9.67. The Hall–Kier alpha value is -2.17. The van der Waals surface area contributed by atoms with Crippen molar-refractivity contribution in [2.45, 2.75) is 39.0 Å². The highest BCUT2D eigenvalue weighted by molar-refractivity contribution is 5.69. The van der Waals surface area contributed by atoms with E-state index in [4.69, 9.17) is 4.52 Å². The molecule has 1 fully saturated rings. The van der Waals surface area contributed by atoms with Gasteiger partial charge in [-0.05, 0) is 31.9 Å². The smallest absolute Gasteiger partial charge is 0.251 e. The van der Waals surface area contributed by atoms with Gasteiger partial charge in [-0.25, -0.2) is 4.98 Å². The maximum Gasteiger partial charge on any atom is 0.251 e. The fourth-order valence-corrected chi connectivity index (χ4v) is 2.19. The van der Waals surface area contributed by atoms with Crippen LogP contribution < -0.4 is 5.56 Å². The molecule has 104 valence electrons. The van der Waals surface area contributed by atoms with Gasteiger partial charge >= 0.3 is 0 Å². The predicted octanol–water partition coefficient (Wildman–Crippen LogP) is 2.68. The van der Waals surface area contributed by atoms with Crippen molar-refractivity contribution in [2.24, 2.45) is 0 Å². The second-order valence-corrected chi connectivity index (χ2v) is 5.12. The highest BCUT2D eigenvalue weighted by Gasteiger charge is 2.26. The molecule has 0 amide bonds. The third kappa shape index (κ3) is 2.57. The van der Waals surface area contributed by atoms with E-state index in [1.807, 2.05) is 26.0 Å². The van der Waals surface area contributed by atoms with Gasteiger partial charge in [-0.3, -0.25) is 4.79 Å². The first kappa shape index (κ1) is 12.8. The molecule has 0 aliphatic heterocycles. The highest BCUT2D eigenvalue weighted by atomic mass is 16.5. The van der Waals surface area contributed by atoms with Gasteiger partial charge in [-0.2, -0.15) is 0 Å². The fraction of sp³-hybridized carbons (Fsp3) is 0.400. The van der Waals surface area contributed by atoms with Gasteiger partial charge in [0.15, 0.2) is 0 Å². The van der Waals surface area contributed by atoms with Crippen LogP contribution in [0, 0.1) is 6.92 Å². The number of nitrogens with zero attached hydrogens (tertiary/aromatic N) is 2. The minimum absolute atomic E-state index is 0.0979. The largest absolute Gasteiger partial charge is 0.361 e. The monoisotopic (exact) mass is 271 g/mol. The Morgan fingerprint density at radius 2 is 2.25 bits per heavy atom. The van der Waals surface area contributed by atoms with Crippen molar-refractivity contribution in [1.82, 2.24) is 15.1 Å². The van der Waals surface area contributed by atoms with E-state index in [0.29, 0.717) is 11.6 Å². The van der Waals surface area contributed by atoms with Crippen molar-refractivity contribution >= 4 is 12.2 Å². The second-order valence-electron chi connectivity index (χ2n) is 5.12. The molecule has 5 heteroatoms. The average molecular weight is 271 g/mol. The number of hydrogen-bond donors (Lipinski definition) is 1. The molecular formula is C15H17N3O2. The van der Waals surface area contributed by atoms with Crippen molar-refractivity contribution in [3.8, 4) is 0 Å². The summed E-state index contributed by atoms with van der Waals surface area (Å²) in [7, 11) is 0. The quantitative estimate of drug-likeness (QED) is 0.928. The molecule has 1 N–H and O–H groups in total. The summed E-state index contributed by atoms with van der Waals surface area (Å²) in [5.41, 5.74) is 2.41. The van der Waals surface area contributed by atoms with E-state index in [1.54, 1.807) is 0 Å². The first-order valence-electron chi connectivity index (χ1n) is 6.92. The number of hydrogen-bond acceptors (Lipinski definition) is 4. The minimum Gasteiger partial charge on any atom is -0.361 e. The van der Waals surface area contributed by atoms with Crippen LogP contribution in [0.2, 0.25) is 0 Å². The van der Waals surface area contributed by atoms with E-state index >= 15 is 0 Å². The summed E-state index contributed by atoms with van der Waals surface area (Å²) in [5.74, 6) is 2.08. The highest BCUT2D eigenvalue weighted by Crippen LogP contribution is 2.37. The Kier molecular flexibility index (Phi) is 3.26. The van der Waals surface area contributed by atoms with Crippen molar-refractivity contribution in [1.29, 1.82) is 0 Å². The zero-order valence-electron chi connectivity index (χ0n) is 11.6. The molecule has 2 aromatic heterocycles. The molecule has 0 spiro atoms. The van der Waals surface area contributed by atoms with Crippen LogP contribution in [0.3, 0.4) is 0 Å². The molecule has 1 aliphatic rings. The average Bonchev–Trinajstić information content (AvgIpc) is 3.21. The standard InChI is InChI=1S/C15H17N3O2/c1-3-13-12(9(2)18-20-13)7-6-11-8-14(19)17-15(16-11)10-4-5-10/h6-8,10H,3-5H2,1-2H3,(H,16,17,19)/b7-6+. The lowest BCUT2D eigenvalue weighted by atomic mass is 10.1. The lowest BCUT2D eigenvalue weighted by Gasteiger charge is -1.99. The predicted molar refractivity (Wildman–Crippen MR) is 76.4 cm³/mol. The van der Waals surface area contributed by atoms with E-state index in [0.717, 1.165) is 42.1 Å². The molecular weight excluding hydrogens is 254 g/mol. The van der Waals surface area contributed by atoms with Crippen molar-refractivity contribution in [3.63, 3.8) is 0 Å². The van der Waals surface area contributed by atoms with Gasteiger partial charge in [-0.1, -0.05) is 12.1 Å². The van der Waals surface area contributed by atoms with E-state index in [9.17, 15) is 4.79 Å². The van der Waals surface area contributed by atoms with E-state index in [2.05, 4.69) is 15.1 Å². The zero-order chi connectivity index (χ0) is 14.1. The van der Waals surface area contributed by atoms with Crippen LogP contribution in [0.15, 0.2) is 15.4 Å². The molecule has 0 saturated heterocycles. The summed E-state index contributed by atoms with van der Waals surface area (Å²) >= 11 is 0. The molecule has 2 heterocycles. The van der Waals surface area contributed by atoms with Gasteiger partial charge < -0.3 is 9.51 Å². The van der Waals surface area contributed by atoms with Gasteiger partial charge in [0.2, 0.25) is 0 Å². The Morgan fingerprint density at radius 1 is 1.45 bits per heavy atom. The zero-order valence-corrected chi connectivity index (χ0v) is 11.6. The summed E-state index contributed by atoms with van der Waals surface area (Å²) in [4.78, 5) is 18.9. The second kappa shape index (κ2) is 5.07. The van der Waals surface area contributed by atoms with E-state index in [-0.39, 0.29) is 5.56 Å². The molecule has 20 heavy (non-hydrogen) atoms.